The molecule has 3 nitrogen and oxygen atoms in total. The molecule has 2 aliphatic heterocycles. The number of carbonyl (C=O) groups excluding carboxylic acids is 1. The topological polar surface area (TPSA) is 23.6 Å². The lowest BCUT2D eigenvalue weighted by Gasteiger charge is -2.29. The van der Waals surface area contributed by atoms with E-state index in [9.17, 15) is 9.18 Å². The first-order chi connectivity index (χ1) is 12.9. The van der Waals surface area contributed by atoms with Crippen molar-refractivity contribution in [3.05, 3.63) is 70.5 Å². The van der Waals surface area contributed by atoms with Crippen LogP contribution in [0.3, 0.4) is 0 Å². The third-order valence-corrected chi connectivity index (χ3v) is 6.31. The van der Waals surface area contributed by atoms with Gasteiger partial charge < -0.3 is 4.90 Å². The minimum Gasteiger partial charge on any atom is -0.335 e. The first kappa shape index (κ1) is 18.2. The van der Waals surface area contributed by atoms with E-state index in [2.05, 4.69) is 36.9 Å². The number of rotatable bonds is 3. The lowest BCUT2D eigenvalue weighted by Crippen LogP contribution is -2.34. The Bertz CT molecular complexity index is 865. The zero-order valence-corrected chi connectivity index (χ0v) is 16.3. The van der Waals surface area contributed by atoms with Gasteiger partial charge in [0.25, 0.3) is 0 Å². The highest BCUT2D eigenvalue weighted by atomic mass is 19.1. The van der Waals surface area contributed by atoms with Crippen molar-refractivity contribution in [2.24, 2.45) is 11.8 Å². The number of fused-ring (bicyclic) bond motifs is 1. The predicted molar refractivity (Wildman–Crippen MR) is 105 cm³/mol. The third kappa shape index (κ3) is 3.51. The Balaban J connectivity index is 1.54. The monoisotopic (exact) mass is 366 g/mol. The van der Waals surface area contributed by atoms with Crippen molar-refractivity contribution in [2.75, 3.05) is 19.6 Å². The first-order valence-corrected chi connectivity index (χ1v) is 9.73. The number of carbonyl (C=O) groups is 1. The Labute approximate surface area is 160 Å². The molecular formula is C23H27FN2O. The number of hydrogen-bond acceptors (Lipinski definition) is 2. The lowest BCUT2D eigenvalue weighted by molar-refractivity contribution is -0.130. The summed E-state index contributed by atoms with van der Waals surface area (Å²) in [6.07, 6.45) is 0. The number of nitrogens with zero attached hydrogens (tertiary/aromatic N) is 2. The molecule has 0 aromatic heterocycles. The largest absolute Gasteiger partial charge is 0.335 e. The molecule has 4 rings (SSSR count). The molecule has 2 aromatic rings. The summed E-state index contributed by atoms with van der Waals surface area (Å²) in [6.45, 7) is 9.56. The van der Waals surface area contributed by atoms with Crippen molar-refractivity contribution in [1.82, 2.24) is 9.80 Å². The van der Waals surface area contributed by atoms with Gasteiger partial charge in [0.1, 0.15) is 5.82 Å². The van der Waals surface area contributed by atoms with Crippen LogP contribution in [0.1, 0.15) is 35.2 Å². The summed E-state index contributed by atoms with van der Waals surface area (Å²) >= 11 is 0. The van der Waals surface area contributed by atoms with Gasteiger partial charge in [0, 0.05) is 39.0 Å². The number of likely N-dealkylation sites (tertiary alicyclic amines) is 2. The fourth-order valence-corrected chi connectivity index (χ4v) is 4.87. The fourth-order valence-electron chi connectivity index (χ4n) is 4.87. The average Bonchev–Trinajstić information content (AvgIpc) is 3.15. The maximum Gasteiger partial charge on any atom is 0.219 e. The van der Waals surface area contributed by atoms with Gasteiger partial charge in [-0.05, 0) is 54.2 Å². The molecular weight excluding hydrogens is 339 g/mol. The van der Waals surface area contributed by atoms with Gasteiger partial charge in [0.15, 0.2) is 0 Å². The first-order valence-electron chi connectivity index (χ1n) is 9.73. The molecule has 1 amide bonds. The molecule has 0 unspecified atom stereocenters. The quantitative estimate of drug-likeness (QED) is 0.817. The van der Waals surface area contributed by atoms with E-state index in [0.29, 0.717) is 11.8 Å². The van der Waals surface area contributed by atoms with E-state index in [-0.39, 0.29) is 17.8 Å². The molecule has 27 heavy (non-hydrogen) atoms. The van der Waals surface area contributed by atoms with Gasteiger partial charge in [0.2, 0.25) is 5.91 Å². The Hall–Kier alpha value is -2.20. The zero-order chi connectivity index (χ0) is 19.1. The van der Waals surface area contributed by atoms with E-state index in [1.165, 1.54) is 22.8 Å². The Morgan fingerprint density at radius 1 is 1.07 bits per heavy atom. The van der Waals surface area contributed by atoms with Gasteiger partial charge in [-0.25, -0.2) is 4.39 Å². The van der Waals surface area contributed by atoms with Gasteiger partial charge in [0.05, 0.1) is 6.04 Å². The molecule has 2 heterocycles. The van der Waals surface area contributed by atoms with Crippen molar-refractivity contribution >= 4 is 5.91 Å². The predicted octanol–water partition coefficient (Wildman–Crippen LogP) is 4.09. The van der Waals surface area contributed by atoms with E-state index in [1.807, 2.05) is 11.0 Å². The standard InChI is InChI=1S/C23H27FN2O/c1-15-7-8-18(9-16(15)2)11-25-12-20-13-26(17(3)27)23(22(20)14-25)19-5-4-6-21(24)10-19/h4-10,20,22-23H,11-14H2,1-3H3/t20-,22-,23+/m1/s1. The second-order valence-corrected chi connectivity index (χ2v) is 8.21. The van der Waals surface area contributed by atoms with Crippen LogP contribution in [0, 0.1) is 31.5 Å². The molecule has 0 aliphatic carbocycles. The van der Waals surface area contributed by atoms with Crippen molar-refractivity contribution in [3.8, 4) is 0 Å². The van der Waals surface area contributed by atoms with Crippen LogP contribution in [0.5, 0.6) is 0 Å². The number of hydrogen-bond donors (Lipinski definition) is 0. The fraction of sp³-hybridized carbons (Fsp3) is 0.435. The summed E-state index contributed by atoms with van der Waals surface area (Å²) in [4.78, 5) is 16.6. The average molecular weight is 366 g/mol. The molecule has 3 atom stereocenters. The molecule has 2 saturated heterocycles. The van der Waals surface area contributed by atoms with Crippen LogP contribution >= 0.6 is 0 Å². The summed E-state index contributed by atoms with van der Waals surface area (Å²) in [5.41, 5.74) is 4.90. The third-order valence-electron chi connectivity index (χ3n) is 6.31. The van der Waals surface area contributed by atoms with Crippen molar-refractivity contribution in [3.63, 3.8) is 0 Å². The molecule has 2 fully saturated rings. The minimum atomic E-state index is -0.232. The van der Waals surface area contributed by atoms with Gasteiger partial charge in [-0.1, -0.05) is 30.3 Å². The molecule has 142 valence electrons. The summed E-state index contributed by atoms with van der Waals surface area (Å²) in [6, 6.07) is 13.4. The van der Waals surface area contributed by atoms with Crippen LogP contribution in [-0.2, 0) is 11.3 Å². The molecule has 0 spiro atoms. The van der Waals surface area contributed by atoms with Crippen LogP contribution in [0.15, 0.2) is 42.5 Å². The number of amides is 1. The van der Waals surface area contributed by atoms with E-state index < -0.39 is 0 Å². The smallest absolute Gasteiger partial charge is 0.219 e. The normalized spacial score (nSPS) is 25.0. The molecule has 0 bridgehead atoms. The molecule has 2 aliphatic rings. The molecule has 0 N–H and O–H groups in total. The second-order valence-electron chi connectivity index (χ2n) is 8.21. The van der Waals surface area contributed by atoms with Gasteiger partial charge in [-0.2, -0.15) is 0 Å². The number of halogens is 1. The SMILES string of the molecule is CC(=O)N1C[C@H]2CN(Cc3ccc(C)c(C)c3)C[C@H]2[C@@H]1c1cccc(F)c1. The summed E-state index contributed by atoms with van der Waals surface area (Å²) < 4.78 is 13.8. The maximum absolute atomic E-state index is 13.8. The maximum atomic E-state index is 13.8. The highest BCUT2D eigenvalue weighted by molar-refractivity contribution is 5.74. The minimum absolute atomic E-state index is 0.0204. The molecule has 2 aromatic carbocycles. The van der Waals surface area contributed by atoms with E-state index in [0.717, 1.165) is 31.7 Å². The van der Waals surface area contributed by atoms with Crippen LogP contribution < -0.4 is 0 Å². The van der Waals surface area contributed by atoms with Crippen molar-refractivity contribution in [1.29, 1.82) is 0 Å². The molecule has 0 saturated carbocycles. The Kier molecular flexibility index (Phi) is 4.77. The highest BCUT2D eigenvalue weighted by Gasteiger charge is 2.48. The second kappa shape index (κ2) is 7.08. The highest BCUT2D eigenvalue weighted by Crippen LogP contribution is 2.45. The summed E-state index contributed by atoms with van der Waals surface area (Å²) in [5, 5.41) is 0. The number of benzene rings is 2. The van der Waals surface area contributed by atoms with Crippen LogP contribution in [0.4, 0.5) is 4.39 Å². The summed E-state index contributed by atoms with van der Waals surface area (Å²) in [7, 11) is 0. The van der Waals surface area contributed by atoms with E-state index in [4.69, 9.17) is 0 Å². The van der Waals surface area contributed by atoms with Crippen LogP contribution in [0.2, 0.25) is 0 Å². The van der Waals surface area contributed by atoms with E-state index in [1.54, 1.807) is 19.1 Å². The van der Waals surface area contributed by atoms with Gasteiger partial charge >= 0.3 is 0 Å². The zero-order valence-electron chi connectivity index (χ0n) is 16.3. The molecule has 0 radical (unpaired) electrons. The molecule has 4 heteroatoms. The summed E-state index contributed by atoms with van der Waals surface area (Å²) in [5.74, 6) is 0.666. The van der Waals surface area contributed by atoms with Gasteiger partial charge in [-0.15, -0.1) is 0 Å². The van der Waals surface area contributed by atoms with E-state index >= 15 is 0 Å². The Morgan fingerprint density at radius 2 is 1.89 bits per heavy atom. The number of aryl methyl sites for hydroxylation is 2. The van der Waals surface area contributed by atoms with Crippen molar-refractivity contribution in [2.45, 2.75) is 33.4 Å². The van der Waals surface area contributed by atoms with Crippen molar-refractivity contribution < 1.29 is 9.18 Å². The van der Waals surface area contributed by atoms with Crippen LogP contribution in [-0.4, -0.2) is 35.3 Å². The lowest BCUT2D eigenvalue weighted by atomic mass is 9.89. The Morgan fingerprint density at radius 3 is 2.59 bits per heavy atom. The van der Waals surface area contributed by atoms with Gasteiger partial charge in [-0.3, -0.25) is 9.69 Å². The van der Waals surface area contributed by atoms with Crippen LogP contribution in [0.25, 0.3) is 0 Å².